The summed E-state index contributed by atoms with van der Waals surface area (Å²) in [5, 5.41) is 9.17. The lowest BCUT2D eigenvalue weighted by Gasteiger charge is -2.39. The van der Waals surface area contributed by atoms with Gasteiger partial charge in [0.1, 0.15) is 0 Å². The Balaban J connectivity index is 1.56. The number of hydrogen-bond acceptors (Lipinski definition) is 4. The Bertz CT molecular complexity index is 677. The van der Waals surface area contributed by atoms with Gasteiger partial charge in [-0.05, 0) is 62.9 Å². The molecule has 0 bridgehead atoms. The van der Waals surface area contributed by atoms with Crippen molar-refractivity contribution < 1.29 is 0 Å². The van der Waals surface area contributed by atoms with E-state index in [4.69, 9.17) is 0 Å². The number of piperidine rings is 1. The Labute approximate surface area is 159 Å². The minimum Gasteiger partial charge on any atom is -0.356 e. The van der Waals surface area contributed by atoms with Crippen molar-refractivity contribution in [2.24, 2.45) is 10.9 Å². The van der Waals surface area contributed by atoms with Gasteiger partial charge in [-0.25, -0.2) is 0 Å². The fraction of sp³-hybridized carbons (Fsp3) is 0.526. The third kappa shape index (κ3) is 4.84. The molecule has 0 spiro atoms. The molecule has 1 aliphatic heterocycles. The molecule has 2 N–H and O–H groups in total. The third-order valence-corrected chi connectivity index (χ3v) is 6.77. The van der Waals surface area contributed by atoms with Gasteiger partial charge in [0.05, 0.1) is 6.54 Å². The summed E-state index contributed by atoms with van der Waals surface area (Å²) in [6, 6.07) is 9.30. The zero-order valence-corrected chi connectivity index (χ0v) is 16.9. The fourth-order valence-corrected chi connectivity index (χ4v) is 5.40. The lowest BCUT2D eigenvalue weighted by Crippen LogP contribution is -2.44. The van der Waals surface area contributed by atoms with Gasteiger partial charge in [-0.1, -0.05) is 6.07 Å². The van der Waals surface area contributed by atoms with E-state index in [-0.39, 0.29) is 0 Å². The molecule has 3 heterocycles. The number of guanidine groups is 1. The molecule has 2 aromatic rings. The van der Waals surface area contributed by atoms with E-state index >= 15 is 0 Å². The predicted molar refractivity (Wildman–Crippen MR) is 110 cm³/mol. The molecule has 2 unspecified atom stereocenters. The van der Waals surface area contributed by atoms with E-state index < -0.39 is 0 Å². The Hall–Kier alpha value is -1.37. The van der Waals surface area contributed by atoms with E-state index in [1.54, 1.807) is 0 Å². The molecule has 1 saturated heterocycles. The summed E-state index contributed by atoms with van der Waals surface area (Å²) >= 11 is 3.71. The number of aliphatic imine (C=N–C) groups is 1. The van der Waals surface area contributed by atoms with Crippen LogP contribution in [0, 0.1) is 12.8 Å². The number of rotatable bonds is 5. The van der Waals surface area contributed by atoms with Crippen molar-refractivity contribution in [2.45, 2.75) is 32.4 Å². The van der Waals surface area contributed by atoms with Crippen LogP contribution in [-0.2, 0) is 6.54 Å². The molecule has 0 aliphatic carbocycles. The van der Waals surface area contributed by atoms with Crippen LogP contribution in [0.4, 0.5) is 0 Å². The zero-order chi connectivity index (χ0) is 17.6. The van der Waals surface area contributed by atoms with Crippen LogP contribution in [-0.4, -0.2) is 38.0 Å². The average molecular weight is 377 g/mol. The maximum absolute atomic E-state index is 4.39. The van der Waals surface area contributed by atoms with Crippen molar-refractivity contribution >= 4 is 28.6 Å². The summed E-state index contributed by atoms with van der Waals surface area (Å²) in [4.78, 5) is 11.1. The molecule has 0 saturated carbocycles. The quantitative estimate of drug-likeness (QED) is 0.615. The summed E-state index contributed by atoms with van der Waals surface area (Å²) in [7, 11) is 4.10. The molecular weight excluding hydrogens is 348 g/mol. The maximum atomic E-state index is 4.39. The van der Waals surface area contributed by atoms with E-state index in [1.807, 2.05) is 29.7 Å². The van der Waals surface area contributed by atoms with E-state index in [0.717, 1.165) is 19.0 Å². The highest BCUT2D eigenvalue weighted by Gasteiger charge is 2.31. The largest absolute Gasteiger partial charge is 0.356 e. The van der Waals surface area contributed by atoms with Gasteiger partial charge in [0.25, 0.3) is 0 Å². The SMILES string of the molecule is CN=C(NCc1ccc(C)s1)NCC1CCCN(C)C1c1cccs1. The van der Waals surface area contributed by atoms with Crippen molar-refractivity contribution in [1.82, 2.24) is 15.5 Å². The molecule has 2 atom stereocenters. The predicted octanol–water partition coefficient (Wildman–Crippen LogP) is 3.87. The summed E-state index contributed by atoms with van der Waals surface area (Å²) < 4.78 is 0. The smallest absolute Gasteiger partial charge is 0.191 e. The maximum Gasteiger partial charge on any atom is 0.191 e. The minimum absolute atomic E-state index is 0.513. The Kier molecular flexibility index (Phi) is 6.51. The first-order valence-electron chi connectivity index (χ1n) is 8.91. The van der Waals surface area contributed by atoms with Crippen LogP contribution in [0.1, 0.15) is 33.5 Å². The van der Waals surface area contributed by atoms with Crippen LogP contribution in [0.2, 0.25) is 0 Å². The first-order valence-corrected chi connectivity index (χ1v) is 10.6. The van der Waals surface area contributed by atoms with Gasteiger partial charge in [-0.15, -0.1) is 22.7 Å². The normalized spacial score (nSPS) is 22.1. The number of likely N-dealkylation sites (tertiary alicyclic amines) is 1. The molecule has 6 heteroatoms. The minimum atomic E-state index is 0.513. The van der Waals surface area contributed by atoms with Crippen LogP contribution < -0.4 is 10.6 Å². The van der Waals surface area contributed by atoms with Gasteiger partial charge in [-0.3, -0.25) is 9.89 Å². The number of aryl methyl sites for hydroxylation is 1. The second kappa shape index (κ2) is 8.83. The average Bonchev–Trinajstić information content (AvgIpc) is 3.27. The molecule has 1 aliphatic rings. The van der Waals surface area contributed by atoms with Crippen molar-refractivity contribution in [3.8, 4) is 0 Å². The third-order valence-electron chi connectivity index (χ3n) is 4.82. The van der Waals surface area contributed by atoms with Gasteiger partial charge < -0.3 is 10.6 Å². The number of nitrogens with one attached hydrogen (secondary N) is 2. The molecule has 3 rings (SSSR count). The Morgan fingerprint density at radius 3 is 2.88 bits per heavy atom. The highest BCUT2D eigenvalue weighted by atomic mass is 32.1. The van der Waals surface area contributed by atoms with Gasteiger partial charge in [-0.2, -0.15) is 0 Å². The van der Waals surface area contributed by atoms with Crippen molar-refractivity contribution in [2.75, 3.05) is 27.2 Å². The summed E-state index contributed by atoms with van der Waals surface area (Å²) in [5.74, 6) is 1.50. The van der Waals surface area contributed by atoms with Crippen LogP contribution in [0.5, 0.6) is 0 Å². The Morgan fingerprint density at radius 2 is 2.20 bits per heavy atom. The number of nitrogens with zero attached hydrogens (tertiary/aromatic N) is 2. The van der Waals surface area contributed by atoms with E-state index in [2.05, 4.69) is 64.1 Å². The zero-order valence-electron chi connectivity index (χ0n) is 15.3. The highest BCUT2D eigenvalue weighted by molar-refractivity contribution is 7.11. The molecule has 25 heavy (non-hydrogen) atoms. The van der Waals surface area contributed by atoms with Crippen molar-refractivity contribution in [3.05, 3.63) is 44.3 Å². The van der Waals surface area contributed by atoms with Crippen LogP contribution >= 0.6 is 22.7 Å². The molecule has 2 aromatic heterocycles. The molecule has 0 amide bonds. The summed E-state index contributed by atoms with van der Waals surface area (Å²) in [5.41, 5.74) is 0. The van der Waals surface area contributed by atoms with E-state index in [9.17, 15) is 0 Å². The molecule has 136 valence electrons. The molecule has 0 radical (unpaired) electrons. The fourth-order valence-electron chi connectivity index (χ4n) is 3.58. The lowest BCUT2D eigenvalue weighted by molar-refractivity contribution is 0.125. The van der Waals surface area contributed by atoms with Gasteiger partial charge >= 0.3 is 0 Å². The number of hydrogen-bond donors (Lipinski definition) is 2. The van der Waals surface area contributed by atoms with Crippen LogP contribution in [0.15, 0.2) is 34.6 Å². The van der Waals surface area contributed by atoms with Crippen LogP contribution in [0.25, 0.3) is 0 Å². The van der Waals surface area contributed by atoms with Gasteiger partial charge in [0.2, 0.25) is 0 Å². The van der Waals surface area contributed by atoms with Gasteiger partial charge in [0, 0.05) is 34.3 Å². The molecular formula is C19H28N4S2. The van der Waals surface area contributed by atoms with E-state index in [0.29, 0.717) is 12.0 Å². The van der Waals surface area contributed by atoms with Crippen molar-refractivity contribution in [1.29, 1.82) is 0 Å². The molecule has 1 fully saturated rings. The van der Waals surface area contributed by atoms with Crippen LogP contribution in [0.3, 0.4) is 0 Å². The van der Waals surface area contributed by atoms with E-state index in [1.165, 1.54) is 34.0 Å². The van der Waals surface area contributed by atoms with Gasteiger partial charge in [0.15, 0.2) is 5.96 Å². The second-order valence-electron chi connectivity index (χ2n) is 6.66. The van der Waals surface area contributed by atoms with Crippen molar-refractivity contribution in [3.63, 3.8) is 0 Å². The monoisotopic (exact) mass is 376 g/mol. The Morgan fingerprint density at radius 1 is 1.32 bits per heavy atom. The standard InChI is InChI=1S/C19H28N4S2/c1-14-8-9-16(25-14)13-22-19(20-2)21-12-15-6-4-10-23(3)18(15)17-7-5-11-24-17/h5,7-9,11,15,18H,4,6,10,12-13H2,1-3H3,(H2,20,21,22). The number of thiophene rings is 2. The summed E-state index contributed by atoms with van der Waals surface area (Å²) in [6.45, 7) is 5.11. The molecule has 4 nitrogen and oxygen atoms in total. The topological polar surface area (TPSA) is 39.7 Å². The first-order chi connectivity index (χ1) is 12.2. The summed E-state index contributed by atoms with van der Waals surface area (Å²) in [6.07, 6.45) is 2.53. The highest BCUT2D eigenvalue weighted by Crippen LogP contribution is 2.36. The first kappa shape index (κ1) is 18.4. The molecule has 0 aromatic carbocycles. The lowest BCUT2D eigenvalue weighted by atomic mass is 9.88. The second-order valence-corrected chi connectivity index (χ2v) is 9.01.